The summed E-state index contributed by atoms with van der Waals surface area (Å²) in [7, 11) is 1.81. The fraction of sp³-hybridized carbons (Fsp3) is 0.174. The summed E-state index contributed by atoms with van der Waals surface area (Å²) in [5.41, 5.74) is 2.14. The van der Waals surface area contributed by atoms with Crippen molar-refractivity contribution in [3.8, 4) is 0 Å². The topological polar surface area (TPSA) is 64.7 Å². The number of nitrogens with one attached hydrogen (secondary N) is 1. The van der Waals surface area contributed by atoms with E-state index in [4.69, 9.17) is 11.6 Å². The molecule has 1 atom stereocenters. The first-order valence-electron chi connectivity index (χ1n) is 9.84. The third-order valence-electron chi connectivity index (χ3n) is 5.13. The van der Waals surface area contributed by atoms with Gasteiger partial charge in [-0.25, -0.2) is 18.4 Å². The van der Waals surface area contributed by atoms with E-state index in [9.17, 15) is 13.6 Å². The lowest BCUT2D eigenvalue weighted by molar-refractivity contribution is 0.0940. The Hall–Kier alpha value is -3.52. The van der Waals surface area contributed by atoms with Crippen molar-refractivity contribution in [3.63, 3.8) is 0 Å². The van der Waals surface area contributed by atoms with Crippen LogP contribution in [0.1, 0.15) is 39.0 Å². The predicted molar refractivity (Wildman–Crippen MR) is 116 cm³/mol. The maximum absolute atomic E-state index is 13.5. The largest absolute Gasteiger partial charge is 0.338 e. The Balaban J connectivity index is 1.64. The molecule has 0 aliphatic rings. The van der Waals surface area contributed by atoms with Crippen molar-refractivity contribution in [3.05, 3.63) is 106 Å². The molecule has 0 fully saturated rings. The number of amides is 1. The molecular formula is C23H20ClF2N5O. The van der Waals surface area contributed by atoms with Crippen molar-refractivity contribution in [2.75, 3.05) is 0 Å². The van der Waals surface area contributed by atoms with Crippen LogP contribution in [0, 0.1) is 18.6 Å². The molecule has 0 spiro atoms. The van der Waals surface area contributed by atoms with Crippen LogP contribution in [-0.2, 0) is 13.6 Å². The molecule has 1 amide bonds. The van der Waals surface area contributed by atoms with Crippen molar-refractivity contribution < 1.29 is 13.6 Å². The fourth-order valence-corrected chi connectivity index (χ4v) is 3.81. The van der Waals surface area contributed by atoms with Crippen LogP contribution >= 0.6 is 11.6 Å². The lowest BCUT2D eigenvalue weighted by atomic mass is 10.1. The number of halogens is 3. The Bertz CT molecular complexity index is 1250. The molecule has 0 bridgehead atoms. The molecular weight excluding hydrogens is 436 g/mol. The van der Waals surface area contributed by atoms with Gasteiger partial charge < -0.3 is 9.88 Å². The van der Waals surface area contributed by atoms with Gasteiger partial charge in [0.1, 0.15) is 28.7 Å². The molecule has 0 radical (unpaired) electrons. The Labute approximate surface area is 188 Å². The number of imidazole rings is 1. The highest BCUT2D eigenvalue weighted by Gasteiger charge is 2.26. The molecule has 0 saturated carbocycles. The first-order valence-corrected chi connectivity index (χ1v) is 10.2. The monoisotopic (exact) mass is 455 g/mol. The zero-order valence-electron chi connectivity index (χ0n) is 17.4. The quantitative estimate of drug-likeness (QED) is 0.468. The van der Waals surface area contributed by atoms with Crippen LogP contribution in [0.2, 0.25) is 5.15 Å². The molecule has 0 saturated heterocycles. The number of benzene rings is 2. The van der Waals surface area contributed by atoms with Gasteiger partial charge in [0.2, 0.25) is 0 Å². The van der Waals surface area contributed by atoms with E-state index in [1.165, 1.54) is 28.9 Å². The minimum Gasteiger partial charge on any atom is -0.338 e. The average molecular weight is 456 g/mol. The zero-order chi connectivity index (χ0) is 22.8. The minimum absolute atomic E-state index is 0.169. The van der Waals surface area contributed by atoms with Gasteiger partial charge >= 0.3 is 0 Å². The van der Waals surface area contributed by atoms with E-state index in [1.54, 1.807) is 48.1 Å². The van der Waals surface area contributed by atoms with Gasteiger partial charge in [0.15, 0.2) is 0 Å². The molecule has 0 aliphatic heterocycles. The van der Waals surface area contributed by atoms with E-state index in [1.807, 2.05) is 7.05 Å². The normalized spacial score (nSPS) is 12.0. The van der Waals surface area contributed by atoms with Crippen LogP contribution in [0.4, 0.5) is 8.78 Å². The van der Waals surface area contributed by atoms with Gasteiger partial charge in [-0.15, -0.1) is 0 Å². The number of carbonyl (C=O) groups is 1. The fourth-order valence-electron chi connectivity index (χ4n) is 3.49. The molecule has 164 valence electrons. The third kappa shape index (κ3) is 4.40. The number of aryl methyl sites for hydroxylation is 2. The highest BCUT2D eigenvalue weighted by atomic mass is 35.5. The number of rotatable bonds is 6. The van der Waals surface area contributed by atoms with Crippen molar-refractivity contribution in [2.45, 2.75) is 19.5 Å². The molecule has 0 aliphatic carbocycles. The molecule has 2 aromatic carbocycles. The summed E-state index contributed by atoms with van der Waals surface area (Å²) < 4.78 is 29.9. The van der Waals surface area contributed by atoms with Crippen LogP contribution in [0.25, 0.3) is 0 Å². The summed E-state index contributed by atoms with van der Waals surface area (Å²) >= 11 is 6.51. The molecule has 2 aromatic heterocycles. The summed E-state index contributed by atoms with van der Waals surface area (Å²) in [5, 5.41) is 7.50. The van der Waals surface area contributed by atoms with Crippen molar-refractivity contribution >= 4 is 17.5 Å². The van der Waals surface area contributed by atoms with Gasteiger partial charge in [-0.2, -0.15) is 5.10 Å². The molecule has 4 rings (SSSR count). The smallest absolute Gasteiger partial charge is 0.257 e. The molecule has 4 aromatic rings. The van der Waals surface area contributed by atoms with Crippen LogP contribution in [-0.4, -0.2) is 25.2 Å². The van der Waals surface area contributed by atoms with E-state index < -0.39 is 11.9 Å². The summed E-state index contributed by atoms with van der Waals surface area (Å²) in [6.07, 6.45) is 3.38. The summed E-state index contributed by atoms with van der Waals surface area (Å²) in [6, 6.07) is 11.2. The van der Waals surface area contributed by atoms with Gasteiger partial charge in [0.05, 0.1) is 17.8 Å². The highest BCUT2D eigenvalue weighted by Crippen LogP contribution is 2.25. The Kier molecular flexibility index (Phi) is 6.05. The first-order chi connectivity index (χ1) is 15.3. The Morgan fingerprint density at radius 2 is 1.72 bits per heavy atom. The molecule has 1 N–H and O–H groups in total. The average Bonchev–Trinajstić information content (AvgIpc) is 3.31. The van der Waals surface area contributed by atoms with Gasteiger partial charge in [0.25, 0.3) is 5.91 Å². The number of nitrogens with zero attached hydrogens (tertiary/aromatic N) is 4. The maximum Gasteiger partial charge on any atom is 0.257 e. The molecule has 6 nitrogen and oxygen atoms in total. The molecule has 9 heteroatoms. The van der Waals surface area contributed by atoms with Gasteiger partial charge in [-0.05, 0) is 42.3 Å². The molecule has 1 unspecified atom stereocenters. The number of hydrogen-bond donors (Lipinski definition) is 1. The first kappa shape index (κ1) is 21.7. The lowest BCUT2D eigenvalue weighted by Gasteiger charge is -2.19. The lowest BCUT2D eigenvalue weighted by Crippen LogP contribution is -2.31. The van der Waals surface area contributed by atoms with E-state index in [-0.39, 0.29) is 28.9 Å². The van der Waals surface area contributed by atoms with Crippen molar-refractivity contribution in [1.29, 1.82) is 0 Å². The summed E-state index contributed by atoms with van der Waals surface area (Å²) in [4.78, 5) is 17.6. The van der Waals surface area contributed by atoms with Crippen LogP contribution in [0.15, 0.2) is 60.9 Å². The van der Waals surface area contributed by atoms with E-state index in [0.29, 0.717) is 17.1 Å². The van der Waals surface area contributed by atoms with Gasteiger partial charge in [-0.3, -0.25) is 4.79 Å². The predicted octanol–water partition coefficient (Wildman–Crippen LogP) is 4.42. The SMILES string of the molecule is Cc1nn(Cc2ccc(F)cc2)c(Cl)c1C(=O)NC(c1ccc(F)cc1)c1nccn1C. The van der Waals surface area contributed by atoms with E-state index >= 15 is 0 Å². The third-order valence-corrected chi connectivity index (χ3v) is 5.52. The van der Waals surface area contributed by atoms with Crippen LogP contribution < -0.4 is 5.32 Å². The van der Waals surface area contributed by atoms with Gasteiger partial charge in [-0.1, -0.05) is 35.9 Å². The molecule has 2 heterocycles. The standard InChI is InChI=1S/C23H20ClF2N5O/c1-14-19(21(24)31(29-14)13-15-3-7-17(25)8-4-15)23(32)28-20(22-27-11-12-30(22)2)16-5-9-18(26)10-6-16/h3-12,20H,13H2,1-2H3,(H,28,32). The second-order valence-electron chi connectivity index (χ2n) is 7.39. The number of hydrogen-bond acceptors (Lipinski definition) is 3. The number of carbonyl (C=O) groups excluding carboxylic acids is 1. The maximum atomic E-state index is 13.5. The number of aromatic nitrogens is 4. The summed E-state index contributed by atoms with van der Waals surface area (Å²) in [6.45, 7) is 1.98. The second kappa shape index (κ2) is 8.92. The Morgan fingerprint density at radius 1 is 1.09 bits per heavy atom. The summed E-state index contributed by atoms with van der Waals surface area (Å²) in [5.74, 6) is -0.565. The Morgan fingerprint density at radius 3 is 2.31 bits per heavy atom. The van der Waals surface area contributed by atoms with Crippen LogP contribution in [0.5, 0.6) is 0 Å². The van der Waals surface area contributed by atoms with E-state index in [0.717, 1.165) is 5.56 Å². The second-order valence-corrected chi connectivity index (χ2v) is 7.75. The van der Waals surface area contributed by atoms with E-state index in [2.05, 4.69) is 15.4 Å². The van der Waals surface area contributed by atoms with Crippen LogP contribution in [0.3, 0.4) is 0 Å². The van der Waals surface area contributed by atoms with Crippen molar-refractivity contribution in [1.82, 2.24) is 24.6 Å². The van der Waals surface area contributed by atoms with Gasteiger partial charge in [0, 0.05) is 19.4 Å². The highest BCUT2D eigenvalue weighted by molar-refractivity contribution is 6.33. The molecule has 32 heavy (non-hydrogen) atoms. The minimum atomic E-state index is -0.626. The van der Waals surface area contributed by atoms with Crippen molar-refractivity contribution in [2.24, 2.45) is 7.05 Å². The zero-order valence-corrected chi connectivity index (χ0v) is 18.1.